The standard InChI is InChI=1S/C14H19N3O4/c1-9(11-4-2-3-7-15-11)17-14(20)16-8-10-5-6-12(21-10)13(18)19/h2-4,7,9-10,12H,5-6,8H2,1H3,(H,18,19)(H2,16,17,20). The van der Waals surface area contributed by atoms with Gasteiger partial charge in [0, 0.05) is 12.7 Å². The molecule has 0 aromatic carbocycles. The van der Waals surface area contributed by atoms with Crippen molar-refractivity contribution in [3.05, 3.63) is 30.1 Å². The Morgan fingerprint density at radius 2 is 2.29 bits per heavy atom. The molecule has 1 aliphatic heterocycles. The van der Waals surface area contributed by atoms with E-state index >= 15 is 0 Å². The molecule has 1 aromatic heterocycles. The molecule has 114 valence electrons. The number of pyridine rings is 1. The molecule has 3 N–H and O–H groups in total. The summed E-state index contributed by atoms with van der Waals surface area (Å²) in [6.45, 7) is 2.14. The molecular formula is C14H19N3O4. The van der Waals surface area contributed by atoms with E-state index in [1.54, 1.807) is 6.20 Å². The lowest BCUT2D eigenvalue weighted by molar-refractivity contribution is -0.149. The number of hydrogen-bond acceptors (Lipinski definition) is 4. The molecule has 21 heavy (non-hydrogen) atoms. The van der Waals surface area contributed by atoms with Crippen molar-refractivity contribution < 1.29 is 19.4 Å². The topological polar surface area (TPSA) is 101 Å². The Labute approximate surface area is 122 Å². The summed E-state index contributed by atoms with van der Waals surface area (Å²) in [6.07, 6.45) is 1.78. The first-order valence-corrected chi connectivity index (χ1v) is 6.90. The Kier molecular flexibility index (Phi) is 5.10. The highest BCUT2D eigenvalue weighted by atomic mass is 16.5. The zero-order chi connectivity index (χ0) is 15.2. The highest BCUT2D eigenvalue weighted by Crippen LogP contribution is 2.19. The van der Waals surface area contributed by atoms with Gasteiger partial charge in [-0.15, -0.1) is 0 Å². The number of aromatic nitrogens is 1. The van der Waals surface area contributed by atoms with Crippen molar-refractivity contribution >= 4 is 12.0 Å². The number of hydrogen-bond donors (Lipinski definition) is 3. The van der Waals surface area contributed by atoms with Gasteiger partial charge in [0.1, 0.15) is 0 Å². The van der Waals surface area contributed by atoms with E-state index < -0.39 is 12.1 Å². The summed E-state index contributed by atoms with van der Waals surface area (Å²) in [5.74, 6) is -0.953. The molecule has 0 bridgehead atoms. The van der Waals surface area contributed by atoms with Crippen molar-refractivity contribution in [3.8, 4) is 0 Å². The van der Waals surface area contributed by atoms with Crippen LogP contribution in [0.25, 0.3) is 0 Å². The molecule has 2 heterocycles. The molecule has 7 heteroatoms. The van der Waals surface area contributed by atoms with Crippen LogP contribution in [0.4, 0.5) is 4.79 Å². The van der Waals surface area contributed by atoms with E-state index in [1.165, 1.54) is 0 Å². The first kappa shape index (κ1) is 15.2. The van der Waals surface area contributed by atoms with E-state index in [9.17, 15) is 9.59 Å². The van der Waals surface area contributed by atoms with Gasteiger partial charge in [-0.25, -0.2) is 9.59 Å². The molecule has 0 aliphatic carbocycles. The Morgan fingerprint density at radius 1 is 1.48 bits per heavy atom. The van der Waals surface area contributed by atoms with E-state index in [2.05, 4.69) is 15.6 Å². The minimum Gasteiger partial charge on any atom is -0.479 e. The molecule has 2 amide bonds. The molecule has 1 saturated heterocycles. The van der Waals surface area contributed by atoms with Gasteiger partial charge in [-0.2, -0.15) is 0 Å². The van der Waals surface area contributed by atoms with Crippen LogP contribution in [0.2, 0.25) is 0 Å². The Balaban J connectivity index is 1.72. The van der Waals surface area contributed by atoms with Crippen molar-refractivity contribution in [2.45, 2.75) is 38.0 Å². The van der Waals surface area contributed by atoms with Crippen LogP contribution in [0, 0.1) is 0 Å². The quantitative estimate of drug-likeness (QED) is 0.754. The third-order valence-electron chi connectivity index (χ3n) is 3.35. The van der Waals surface area contributed by atoms with Crippen LogP contribution in [0.5, 0.6) is 0 Å². The number of nitrogens with one attached hydrogen (secondary N) is 2. The van der Waals surface area contributed by atoms with Crippen LogP contribution in [-0.4, -0.2) is 40.8 Å². The van der Waals surface area contributed by atoms with E-state index in [0.29, 0.717) is 19.4 Å². The number of ether oxygens (including phenoxy) is 1. The summed E-state index contributed by atoms with van der Waals surface area (Å²) in [7, 11) is 0. The second-order valence-electron chi connectivity index (χ2n) is 4.99. The minimum absolute atomic E-state index is 0.206. The fourth-order valence-electron chi connectivity index (χ4n) is 2.20. The summed E-state index contributed by atoms with van der Waals surface area (Å²) >= 11 is 0. The van der Waals surface area contributed by atoms with Crippen molar-refractivity contribution in [2.75, 3.05) is 6.54 Å². The summed E-state index contributed by atoms with van der Waals surface area (Å²) in [4.78, 5) is 26.7. The van der Waals surface area contributed by atoms with Gasteiger partial charge in [-0.3, -0.25) is 4.98 Å². The number of carboxylic acid groups (broad SMARTS) is 1. The van der Waals surface area contributed by atoms with E-state index in [4.69, 9.17) is 9.84 Å². The lowest BCUT2D eigenvalue weighted by Gasteiger charge is -2.16. The lowest BCUT2D eigenvalue weighted by atomic mass is 10.2. The molecule has 3 atom stereocenters. The largest absolute Gasteiger partial charge is 0.479 e. The van der Waals surface area contributed by atoms with Crippen LogP contribution < -0.4 is 10.6 Å². The fourth-order valence-corrected chi connectivity index (χ4v) is 2.20. The summed E-state index contributed by atoms with van der Waals surface area (Å²) in [5, 5.41) is 14.3. The van der Waals surface area contributed by atoms with Gasteiger partial charge < -0.3 is 20.5 Å². The summed E-state index contributed by atoms with van der Waals surface area (Å²) in [5.41, 5.74) is 0.774. The molecule has 7 nitrogen and oxygen atoms in total. The molecule has 3 unspecified atom stereocenters. The van der Waals surface area contributed by atoms with Crippen LogP contribution in [0.15, 0.2) is 24.4 Å². The number of carbonyl (C=O) groups is 2. The molecule has 1 aliphatic rings. The normalized spacial score (nSPS) is 22.5. The zero-order valence-electron chi connectivity index (χ0n) is 11.8. The number of amides is 2. The number of carboxylic acids is 1. The van der Waals surface area contributed by atoms with Gasteiger partial charge in [0.25, 0.3) is 0 Å². The highest BCUT2D eigenvalue weighted by molar-refractivity contribution is 5.74. The van der Waals surface area contributed by atoms with Crippen molar-refractivity contribution in [2.24, 2.45) is 0 Å². The maximum Gasteiger partial charge on any atom is 0.332 e. The van der Waals surface area contributed by atoms with E-state index in [-0.39, 0.29) is 18.2 Å². The van der Waals surface area contributed by atoms with Gasteiger partial charge in [-0.05, 0) is 31.9 Å². The van der Waals surface area contributed by atoms with Crippen molar-refractivity contribution in [3.63, 3.8) is 0 Å². The molecule has 1 aromatic rings. The third-order valence-corrected chi connectivity index (χ3v) is 3.35. The van der Waals surface area contributed by atoms with Crippen LogP contribution in [0.3, 0.4) is 0 Å². The molecule has 0 saturated carbocycles. The number of carbonyl (C=O) groups excluding carboxylic acids is 1. The maximum absolute atomic E-state index is 11.8. The third kappa shape index (κ3) is 4.42. The highest BCUT2D eigenvalue weighted by Gasteiger charge is 2.30. The monoisotopic (exact) mass is 293 g/mol. The number of rotatable bonds is 5. The number of aliphatic carboxylic acids is 1. The Hall–Kier alpha value is -2.15. The predicted molar refractivity (Wildman–Crippen MR) is 74.7 cm³/mol. The maximum atomic E-state index is 11.8. The lowest BCUT2D eigenvalue weighted by Crippen LogP contribution is -2.41. The SMILES string of the molecule is CC(NC(=O)NCC1CCC(C(=O)O)O1)c1ccccn1. The van der Waals surface area contributed by atoms with E-state index in [1.807, 2.05) is 25.1 Å². The smallest absolute Gasteiger partial charge is 0.332 e. The first-order chi connectivity index (χ1) is 10.1. The van der Waals surface area contributed by atoms with Crippen molar-refractivity contribution in [1.29, 1.82) is 0 Å². The van der Waals surface area contributed by atoms with Gasteiger partial charge in [0.2, 0.25) is 0 Å². The van der Waals surface area contributed by atoms with Crippen LogP contribution >= 0.6 is 0 Å². The molecule has 2 rings (SSSR count). The van der Waals surface area contributed by atoms with E-state index in [0.717, 1.165) is 5.69 Å². The molecule has 0 radical (unpaired) electrons. The Bertz CT molecular complexity index is 494. The minimum atomic E-state index is -0.953. The summed E-state index contributed by atoms with van der Waals surface area (Å²) in [6, 6.07) is 4.98. The number of urea groups is 1. The van der Waals surface area contributed by atoms with Gasteiger partial charge in [-0.1, -0.05) is 6.07 Å². The molecule has 1 fully saturated rings. The van der Waals surface area contributed by atoms with Gasteiger partial charge in [0.05, 0.1) is 17.8 Å². The second-order valence-corrected chi connectivity index (χ2v) is 4.99. The molecule has 0 spiro atoms. The average molecular weight is 293 g/mol. The number of nitrogens with zero attached hydrogens (tertiary/aromatic N) is 1. The first-order valence-electron chi connectivity index (χ1n) is 6.90. The van der Waals surface area contributed by atoms with Crippen LogP contribution in [0.1, 0.15) is 31.5 Å². The Morgan fingerprint density at radius 3 is 2.90 bits per heavy atom. The zero-order valence-corrected chi connectivity index (χ0v) is 11.8. The second kappa shape index (κ2) is 7.03. The van der Waals surface area contributed by atoms with Gasteiger partial charge >= 0.3 is 12.0 Å². The predicted octanol–water partition coefficient (Wildman–Crippen LogP) is 1.07. The molecular weight excluding hydrogens is 274 g/mol. The fraction of sp³-hybridized carbons (Fsp3) is 0.500. The van der Waals surface area contributed by atoms with Gasteiger partial charge in [0.15, 0.2) is 6.10 Å². The van der Waals surface area contributed by atoms with Crippen LogP contribution in [-0.2, 0) is 9.53 Å². The average Bonchev–Trinajstić information content (AvgIpc) is 2.95. The summed E-state index contributed by atoms with van der Waals surface area (Å²) < 4.78 is 5.31. The van der Waals surface area contributed by atoms with Crippen molar-refractivity contribution in [1.82, 2.24) is 15.6 Å².